The SMILES string of the molecule is COc1cc(O)ccc1[C@@H](CO)N1CCNCC1.Cl. The summed E-state index contributed by atoms with van der Waals surface area (Å²) in [6, 6.07) is 4.95. The molecule has 2 rings (SSSR count). The van der Waals surface area contributed by atoms with Gasteiger partial charge in [0.15, 0.2) is 0 Å². The summed E-state index contributed by atoms with van der Waals surface area (Å²) in [7, 11) is 1.57. The van der Waals surface area contributed by atoms with E-state index in [0.717, 1.165) is 31.7 Å². The number of piperazine rings is 1. The number of aliphatic hydroxyl groups excluding tert-OH is 1. The van der Waals surface area contributed by atoms with E-state index in [9.17, 15) is 10.2 Å². The van der Waals surface area contributed by atoms with Crippen LogP contribution in [0.5, 0.6) is 11.5 Å². The summed E-state index contributed by atoms with van der Waals surface area (Å²) in [6.45, 7) is 3.69. The lowest BCUT2D eigenvalue weighted by atomic mass is 10.0. The molecule has 5 nitrogen and oxygen atoms in total. The Bertz CT molecular complexity index is 397. The zero-order valence-electron chi connectivity index (χ0n) is 11.0. The lowest BCUT2D eigenvalue weighted by Crippen LogP contribution is -2.46. The van der Waals surface area contributed by atoms with Crippen LogP contribution in [0.4, 0.5) is 0 Å². The smallest absolute Gasteiger partial charge is 0.127 e. The van der Waals surface area contributed by atoms with Crippen molar-refractivity contribution in [1.29, 1.82) is 0 Å². The summed E-state index contributed by atoms with van der Waals surface area (Å²) in [6.07, 6.45) is 0. The van der Waals surface area contributed by atoms with Gasteiger partial charge in [0.25, 0.3) is 0 Å². The van der Waals surface area contributed by atoms with Crippen molar-refractivity contribution < 1.29 is 14.9 Å². The molecule has 1 aromatic carbocycles. The minimum absolute atomic E-state index is 0. The number of hydrogen-bond acceptors (Lipinski definition) is 5. The van der Waals surface area contributed by atoms with E-state index in [1.807, 2.05) is 6.07 Å². The van der Waals surface area contributed by atoms with Gasteiger partial charge in [-0.15, -0.1) is 12.4 Å². The largest absolute Gasteiger partial charge is 0.508 e. The third kappa shape index (κ3) is 3.73. The highest BCUT2D eigenvalue weighted by atomic mass is 35.5. The molecule has 0 aliphatic carbocycles. The summed E-state index contributed by atoms with van der Waals surface area (Å²) < 4.78 is 5.29. The van der Waals surface area contributed by atoms with Crippen molar-refractivity contribution in [3.63, 3.8) is 0 Å². The first-order valence-corrected chi connectivity index (χ1v) is 6.18. The van der Waals surface area contributed by atoms with Crippen LogP contribution in [-0.4, -0.2) is 55.0 Å². The number of nitrogens with zero attached hydrogens (tertiary/aromatic N) is 1. The Hall–Kier alpha value is -1.01. The number of halogens is 1. The summed E-state index contributed by atoms with van der Waals surface area (Å²) in [5, 5.41) is 22.4. The van der Waals surface area contributed by atoms with Crippen LogP contribution in [0, 0.1) is 0 Å². The number of aliphatic hydroxyl groups is 1. The van der Waals surface area contributed by atoms with Crippen molar-refractivity contribution in [2.75, 3.05) is 39.9 Å². The number of methoxy groups -OCH3 is 1. The summed E-state index contributed by atoms with van der Waals surface area (Å²) in [4.78, 5) is 2.23. The zero-order chi connectivity index (χ0) is 13.0. The van der Waals surface area contributed by atoms with Gasteiger partial charge in [-0.3, -0.25) is 4.90 Å². The van der Waals surface area contributed by atoms with E-state index in [2.05, 4.69) is 10.2 Å². The number of benzene rings is 1. The van der Waals surface area contributed by atoms with Gasteiger partial charge in [-0.1, -0.05) is 0 Å². The fraction of sp³-hybridized carbons (Fsp3) is 0.538. The number of ether oxygens (including phenoxy) is 1. The maximum absolute atomic E-state index is 9.64. The number of rotatable bonds is 4. The van der Waals surface area contributed by atoms with Crippen LogP contribution in [0.1, 0.15) is 11.6 Å². The Balaban J connectivity index is 0.00000180. The molecule has 0 spiro atoms. The highest BCUT2D eigenvalue weighted by Gasteiger charge is 2.24. The first-order chi connectivity index (χ1) is 8.76. The molecule has 6 heteroatoms. The molecule has 1 aromatic rings. The van der Waals surface area contributed by atoms with Crippen LogP contribution < -0.4 is 10.1 Å². The molecule has 0 saturated carbocycles. The third-order valence-electron chi connectivity index (χ3n) is 3.34. The lowest BCUT2D eigenvalue weighted by molar-refractivity contribution is 0.109. The Kier molecular flexibility index (Phi) is 6.37. The number of aromatic hydroxyl groups is 1. The van der Waals surface area contributed by atoms with E-state index in [1.54, 1.807) is 19.2 Å². The minimum atomic E-state index is -0.0809. The molecule has 1 aliphatic rings. The van der Waals surface area contributed by atoms with Crippen LogP contribution in [-0.2, 0) is 0 Å². The molecule has 0 unspecified atom stereocenters. The van der Waals surface area contributed by atoms with E-state index in [0.29, 0.717) is 5.75 Å². The Labute approximate surface area is 119 Å². The summed E-state index contributed by atoms with van der Waals surface area (Å²) in [5.74, 6) is 0.792. The lowest BCUT2D eigenvalue weighted by Gasteiger charge is -2.34. The molecular weight excluding hydrogens is 268 g/mol. The number of nitrogens with one attached hydrogen (secondary N) is 1. The highest BCUT2D eigenvalue weighted by molar-refractivity contribution is 5.85. The van der Waals surface area contributed by atoms with E-state index in [1.165, 1.54) is 0 Å². The molecule has 0 radical (unpaired) electrons. The fourth-order valence-electron chi connectivity index (χ4n) is 2.38. The molecule has 3 N–H and O–H groups in total. The van der Waals surface area contributed by atoms with Gasteiger partial charge < -0.3 is 20.3 Å². The average Bonchev–Trinajstić information content (AvgIpc) is 2.42. The number of phenolic OH excluding ortho intramolecular Hbond substituents is 1. The standard InChI is InChI=1S/C13H20N2O3.ClH/c1-18-13-8-10(17)2-3-11(13)12(9-16)15-6-4-14-5-7-15;/h2-3,8,12,14,16-17H,4-7,9H2,1H3;1H/t12-;/m1./s1. The van der Waals surface area contributed by atoms with Gasteiger partial charge in [0.2, 0.25) is 0 Å². The maximum atomic E-state index is 9.64. The highest BCUT2D eigenvalue weighted by Crippen LogP contribution is 2.32. The quantitative estimate of drug-likeness (QED) is 0.763. The summed E-state index contributed by atoms with van der Waals surface area (Å²) >= 11 is 0. The minimum Gasteiger partial charge on any atom is -0.508 e. The summed E-state index contributed by atoms with van der Waals surface area (Å²) in [5.41, 5.74) is 0.916. The molecule has 1 fully saturated rings. The topological polar surface area (TPSA) is 65.0 Å². The number of hydrogen-bond donors (Lipinski definition) is 3. The molecule has 0 amide bonds. The van der Waals surface area contributed by atoms with Crippen molar-refractivity contribution in [1.82, 2.24) is 10.2 Å². The predicted molar refractivity (Wildman–Crippen MR) is 76.2 cm³/mol. The Morgan fingerprint density at radius 3 is 2.63 bits per heavy atom. The van der Waals surface area contributed by atoms with Gasteiger partial charge in [-0.2, -0.15) is 0 Å². The molecule has 1 atom stereocenters. The molecule has 19 heavy (non-hydrogen) atoms. The van der Waals surface area contributed by atoms with E-state index in [4.69, 9.17) is 4.74 Å². The second-order valence-corrected chi connectivity index (χ2v) is 4.41. The predicted octanol–water partition coefficient (Wildman–Crippen LogP) is 0.761. The van der Waals surface area contributed by atoms with E-state index < -0.39 is 0 Å². The first-order valence-electron chi connectivity index (χ1n) is 6.18. The van der Waals surface area contributed by atoms with Crippen LogP contribution in [0.2, 0.25) is 0 Å². The van der Waals surface area contributed by atoms with E-state index in [-0.39, 0.29) is 30.8 Å². The van der Waals surface area contributed by atoms with Crippen molar-refractivity contribution in [2.24, 2.45) is 0 Å². The van der Waals surface area contributed by atoms with Crippen molar-refractivity contribution in [3.05, 3.63) is 23.8 Å². The van der Waals surface area contributed by atoms with Gasteiger partial charge >= 0.3 is 0 Å². The fourth-order valence-corrected chi connectivity index (χ4v) is 2.38. The van der Waals surface area contributed by atoms with Gasteiger partial charge in [-0.25, -0.2) is 0 Å². The third-order valence-corrected chi connectivity index (χ3v) is 3.34. The van der Waals surface area contributed by atoms with Gasteiger partial charge in [0, 0.05) is 37.8 Å². The second kappa shape index (κ2) is 7.55. The second-order valence-electron chi connectivity index (χ2n) is 4.41. The zero-order valence-corrected chi connectivity index (χ0v) is 11.8. The van der Waals surface area contributed by atoms with Crippen LogP contribution in [0.3, 0.4) is 0 Å². The van der Waals surface area contributed by atoms with Crippen molar-refractivity contribution in [3.8, 4) is 11.5 Å². The number of phenols is 1. The molecule has 1 aliphatic heterocycles. The monoisotopic (exact) mass is 288 g/mol. The van der Waals surface area contributed by atoms with Crippen molar-refractivity contribution in [2.45, 2.75) is 6.04 Å². The van der Waals surface area contributed by atoms with Crippen LogP contribution in [0.25, 0.3) is 0 Å². The van der Waals surface area contributed by atoms with E-state index >= 15 is 0 Å². The molecular formula is C13H21ClN2O3. The molecule has 108 valence electrons. The Morgan fingerprint density at radius 1 is 1.37 bits per heavy atom. The molecule has 0 bridgehead atoms. The molecule has 1 heterocycles. The van der Waals surface area contributed by atoms with Gasteiger partial charge in [-0.05, 0) is 12.1 Å². The van der Waals surface area contributed by atoms with Gasteiger partial charge in [0.05, 0.1) is 19.8 Å². The van der Waals surface area contributed by atoms with Crippen molar-refractivity contribution >= 4 is 12.4 Å². The van der Waals surface area contributed by atoms with Gasteiger partial charge in [0.1, 0.15) is 11.5 Å². The van der Waals surface area contributed by atoms with Crippen LogP contribution in [0.15, 0.2) is 18.2 Å². The average molecular weight is 289 g/mol. The Morgan fingerprint density at radius 2 is 2.05 bits per heavy atom. The van der Waals surface area contributed by atoms with Crippen LogP contribution >= 0.6 is 12.4 Å². The first kappa shape index (κ1) is 16.0. The molecule has 0 aromatic heterocycles. The maximum Gasteiger partial charge on any atom is 0.127 e. The molecule has 1 saturated heterocycles. The normalized spacial score (nSPS) is 17.6.